The molecule has 0 fully saturated rings. The zero-order valence-electron chi connectivity index (χ0n) is 17.5. The molecule has 0 bridgehead atoms. The molecule has 0 saturated carbocycles. The van der Waals surface area contributed by atoms with Gasteiger partial charge in [0.05, 0.1) is 12.8 Å². The molecule has 2 heterocycles. The number of nitrogens with zero attached hydrogens (tertiary/aromatic N) is 1. The molecule has 29 heavy (non-hydrogen) atoms. The maximum Gasteiger partial charge on any atom is 0.205 e. The Labute approximate surface area is 176 Å². The van der Waals surface area contributed by atoms with E-state index < -0.39 is 0 Å². The van der Waals surface area contributed by atoms with Crippen LogP contribution in [0.2, 0.25) is 0 Å². The third-order valence-corrected chi connectivity index (χ3v) is 7.77. The van der Waals surface area contributed by atoms with Gasteiger partial charge in [0.1, 0.15) is 15.5 Å². The Hall–Kier alpha value is -2.40. The number of hydrogen-bond donors (Lipinski definition) is 1. The number of ether oxygens (including phenoxy) is 1. The molecule has 1 aromatic carbocycles. The molecular weight excluding hydrogens is 380 g/mol. The van der Waals surface area contributed by atoms with Crippen LogP contribution < -0.4 is 10.5 Å². The van der Waals surface area contributed by atoms with Crippen LogP contribution in [0, 0.1) is 11.3 Å². The smallest absolute Gasteiger partial charge is 0.205 e. The number of rotatable bonds is 5. The monoisotopic (exact) mass is 408 g/mol. The van der Waals surface area contributed by atoms with E-state index in [1.807, 2.05) is 0 Å². The third kappa shape index (κ3) is 3.52. The van der Waals surface area contributed by atoms with Crippen LogP contribution in [0.15, 0.2) is 30.3 Å². The van der Waals surface area contributed by atoms with Gasteiger partial charge in [-0.05, 0) is 66.5 Å². The molecule has 1 atom stereocenters. The van der Waals surface area contributed by atoms with E-state index in [9.17, 15) is 4.79 Å². The van der Waals surface area contributed by atoms with Crippen molar-refractivity contribution >= 4 is 33.0 Å². The average molecular weight is 409 g/mol. The number of aromatic nitrogens is 1. The van der Waals surface area contributed by atoms with Gasteiger partial charge in [0.2, 0.25) is 5.78 Å². The Morgan fingerprint density at radius 2 is 2.03 bits per heavy atom. The Morgan fingerprint density at radius 1 is 1.31 bits per heavy atom. The molecule has 1 aliphatic rings. The fraction of sp³-hybridized carbons (Fsp3) is 0.417. The topological polar surface area (TPSA) is 65.2 Å². The predicted octanol–water partition coefficient (Wildman–Crippen LogP) is 5.66. The summed E-state index contributed by atoms with van der Waals surface area (Å²) in [6.07, 6.45) is 4.38. The summed E-state index contributed by atoms with van der Waals surface area (Å²) in [6.45, 7) is 6.99. The number of anilines is 1. The molecule has 0 radical (unpaired) electrons. The number of benzene rings is 1. The Kier molecular flexibility index (Phi) is 5.11. The molecule has 1 unspecified atom stereocenters. The van der Waals surface area contributed by atoms with Crippen molar-refractivity contribution in [3.05, 3.63) is 52.0 Å². The first-order chi connectivity index (χ1) is 13.8. The number of fused-ring (bicyclic) bond motifs is 2. The number of methoxy groups -OCH3 is 1. The lowest BCUT2D eigenvalue weighted by Gasteiger charge is -2.36. The van der Waals surface area contributed by atoms with Crippen molar-refractivity contribution in [2.75, 3.05) is 12.8 Å². The number of nitrogen functional groups attached to an aromatic ring is 1. The summed E-state index contributed by atoms with van der Waals surface area (Å²) < 4.78 is 5.18. The molecule has 0 amide bonds. The van der Waals surface area contributed by atoms with Crippen molar-refractivity contribution in [1.82, 2.24) is 4.98 Å². The quantitative estimate of drug-likeness (QED) is 0.553. The number of carbonyl (C=O) groups excluding carboxylic acids is 1. The van der Waals surface area contributed by atoms with Crippen molar-refractivity contribution in [3.8, 4) is 5.75 Å². The molecule has 1 aliphatic carbocycles. The molecule has 0 saturated heterocycles. The van der Waals surface area contributed by atoms with Crippen molar-refractivity contribution in [2.24, 2.45) is 11.3 Å². The Balaban J connectivity index is 1.70. The fourth-order valence-electron chi connectivity index (χ4n) is 4.19. The van der Waals surface area contributed by atoms with Gasteiger partial charge in [0, 0.05) is 16.6 Å². The summed E-state index contributed by atoms with van der Waals surface area (Å²) in [5, 5.41) is 0.917. The summed E-state index contributed by atoms with van der Waals surface area (Å²) >= 11 is 1.40. The third-order valence-electron chi connectivity index (χ3n) is 6.66. The molecule has 0 spiro atoms. The number of aryl methyl sites for hydroxylation is 1. The molecule has 5 heteroatoms. The highest BCUT2D eigenvalue weighted by atomic mass is 32.1. The number of carbonyl (C=O) groups is 1. The highest BCUT2D eigenvalue weighted by Gasteiger charge is 2.32. The van der Waals surface area contributed by atoms with Crippen LogP contribution in [0.5, 0.6) is 5.75 Å². The predicted molar refractivity (Wildman–Crippen MR) is 120 cm³/mol. The lowest BCUT2D eigenvalue weighted by atomic mass is 9.69. The number of nitrogens with two attached hydrogens (primary N) is 1. The van der Waals surface area contributed by atoms with E-state index in [1.165, 1.54) is 35.4 Å². The van der Waals surface area contributed by atoms with E-state index >= 15 is 0 Å². The number of hydrogen-bond acceptors (Lipinski definition) is 5. The van der Waals surface area contributed by atoms with Crippen LogP contribution >= 0.6 is 11.3 Å². The molecule has 4 rings (SSSR count). The van der Waals surface area contributed by atoms with Gasteiger partial charge < -0.3 is 10.5 Å². The van der Waals surface area contributed by atoms with E-state index in [0.717, 1.165) is 28.8 Å². The van der Waals surface area contributed by atoms with Gasteiger partial charge in [-0.25, -0.2) is 4.98 Å². The van der Waals surface area contributed by atoms with Gasteiger partial charge in [-0.15, -0.1) is 11.3 Å². The van der Waals surface area contributed by atoms with Gasteiger partial charge >= 0.3 is 0 Å². The Morgan fingerprint density at radius 3 is 2.69 bits per heavy atom. The van der Waals surface area contributed by atoms with E-state index in [4.69, 9.17) is 15.5 Å². The van der Waals surface area contributed by atoms with Crippen LogP contribution in [-0.2, 0) is 12.8 Å². The summed E-state index contributed by atoms with van der Waals surface area (Å²) in [4.78, 5) is 19.4. The summed E-state index contributed by atoms with van der Waals surface area (Å²) in [5.41, 5.74) is 10.4. The zero-order chi connectivity index (χ0) is 20.8. The molecule has 4 nitrogen and oxygen atoms in total. The minimum atomic E-state index is -0.0592. The number of pyridine rings is 1. The molecule has 2 aromatic heterocycles. The lowest BCUT2D eigenvalue weighted by molar-refractivity contribution is 0.104. The molecule has 152 valence electrons. The van der Waals surface area contributed by atoms with Crippen LogP contribution in [0.25, 0.3) is 10.2 Å². The maximum atomic E-state index is 13.0. The number of thiophene rings is 1. The van der Waals surface area contributed by atoms with Crippen LogP contribution in [-0.4, -0.2) is 17.9 Å². The standard InChI is InChI=1S/C24H28N2O2S/c1-5-24(2,3)16-8-11-19-15(12-16)13-18-20(25)22(29-23(18)26-19)21(27)14-6-9-17(28-4)10-7-14/h6-7,9-10,13,16H,5,8,11-12,25H2,1-4H3. The first-order valence-electron chi connectivity index (χ1n) is 10.2. The largest absolute Gasteiger partial charge is 0.497 e. The molecule has 2 N–H and O–H groups in total. The van der Waals surface area contributed by atoms with Gasteiger partial charge in [-0.2, -0.15) is 0 Å². The van der Waals surface area contributed by atoms with Crippen molar-refractivity contribution in [3.63, 3.8) is 0 Å². The second kappa shape index (κ2) is 7.45. The van der Waals surface area contributed by atoms with Crippen LogP contribution in [0.1, 0.15) is 60.1 Å². The minimum absolute atomic E-state index is 0.0592. The minimum Gasteiger partial charge on any atom is -0.497 e. The Bertz CT molecular complexity index is 1070. The molecule has 3 aromatic rings. The van der Waals surface area contributed by atoms with E-state index in [0.29, 0.717) is 27.5 Å². The second-order valence-corrected chi connectivity index (χ2v) is 9.63. The normalized spacial score (nSPS) is 16.6. The van der Waals surface area contributed by atoms with Crippen LogP contribution in [0.3, 0.4) is 0 Å². The first kappa shape index (κ1) is 19.9. The first-order valence-corrected chi connectivity index (χ1v) is 11.0. The van der Waals surface area contributed by atoms with Gasteiger partial charge in [-0.3, -0.25) is 4.79 Å². The average Bonchev–Trinajstić information content (AvgIpc) is 3.06. The van der Waals surface area contributed by atoms with E-state index in [-0.39, 0.29) is 5.78 Å². The molecular formula is C24H28N2O2S. The maximum absolute atomic E-state index is 13.0. The SMILES string of the molecule is CCC(C)(C)C1CCc2nc3sc(C(=O)c4ccc(OC)cc4)c(N)c3cc2C1. The number of ketones is 1. The lowest BCUT2D eigenvalue weighted by Crippen LogP contribution is -2.29. The summed E-state index contributed by atoms with van der Waals surface area (Å²) in [7, 11) is 1.61. The van der Waals surface area contributed by atoms with Crippen molar-refractivity contribution in [1.29, 1.82) is 0 Å². The van der Waals surface area contributed by atoms with E-state index in [1.54, 1.807) is 31.4 Å². The highest BCUT2D eigenvalue weighted by Crippen LogP contribution is 2.42. The van der Waals surface area contributed by atoms with Gasteiger partial charge in [-0.1, -0.05) is 27.2 Å². The van der Waals surface area contributed by atoms with Crippen molar-refractivity contribution < 1.29 is 9.53 Å². The summed E-state index contributed by atoms with van der Waals surface area (Å²) in [5.74, 6) is 1.32. The second-order valence-electron chi connectivity index (χ2n) is 8.63. The van der Waals surface area contributed by atoms with Gasteiger partial charge in [0.15, 0.2) is 0 Å². The van der Waals surface area contributed by atoms with Gasteiger partial charge in [0.25, 0.3) is 0 Å². The fourth-order valence-corrected chi connectivity index (χ4v) is 5.25. The van der Waals surface area contributed by atoms with Crippen LogP contribution in [0.4, 0.5) is 5.69 Å². The zero-order valence-corrected chi connectivity index (χ0v) is 18.4. The summed E-state index contributed by atoms with van der Waals surface area (Å²) in [6, 6.07) is 9.33. The van der Waals surface area contributed by atoms with E-state index in [2.05, 4.69) is 26.8 Å². The molecule has 0 aliphatic heterocycles. The van der Waals surface area contributed by atoms with Crippen molar-refractivity contribution in [2.45, 2.75) is 46.5 Å². The highest BCUT2D eigenvalue weighted by molar-refractivity contribution is 7.21.